The lowest BCUT2D eigenvalue weighted by atomic mass is 9.78. The second kappa shape index (κ2) is 4.87. The number of amides is 2. The molecule has 2 unspecified atom stereocenters. The van der Waals surface area contributed by atoms with Crippen molar-refractivity contribution in [3.05, 3.63) is 0 Å². The molecule has 3 rings (SSSR count). The molecule has 1 N–H and O–H groups in total. The third-order valence-corrected chi connectivity index (χ3v) is 4.94. The third-order valence-electron chi connectivity index (χ3n) is 4.94. The molecule has 0 bridgehead atoms. The standard InChI is InChI=1S/C14H24N2O/c17-14(15-12-7-3-8-12)16-10-4-6-11-5-1-2-9-13(11)16/h11-13H,1-10H2,(H,15,17). The Kier molecular flexibility index (Phi) is 3.26. The van der Waals surface area contributed by atoms with E-state index < -0.39 is 0 Å². The van der Waals surface area contributed by atoms with E-state index >= 15 is 0 Å². The second-order valence-electron chi connectivity index (χ2n) is 6.02. The summed E-state index contributed by atoms with van der Waals surface area (Å²) in [4.78, 5) is 14.4. The fourth-order valence-corrected chi connectivity index (χ4v) is 3.69. The summed E-state index contributed by atoms with van der Waals surface area (Å²) in [5.74, 6) is 0.796. The minimum absolute atomic E-state index is 0.228. The van der Waals surface area contributed by atoms with E-state index in [9.17, 15) is 4.79 Å². The first kappa shape index (κ1) is 11.4. The van der Waals surface area contributed by atoms with Gasteiger partial charge in [-0.05, 0) is 50.9 Å². The molecule has 2 atom stereocenters. The van der Waals surface area contributed by atoms with Crippen molar-refractivity contribution in [3.8, 4) is 0 Å². The molecule has 1 saturated heterocycles. The maximum atomic E-state index is 12.3. The van der Waals surface area contributed by atoms with Crippen LogP contribution in [0.2, 0.25) is 0 Å². The maximum absolute atomic E-state index is 12.3. The molecule has 0 aromatic rings. The van der Waals surface area contributed by atoms with E-state index in [1.54, 1.807) is 0 Å². The molecule has 96 valence electrons. The molecule has 3 nitrogen and oxygen atoms in total. The van der Waals surface area contributed by atoms with Gasteiger partial charge < -0.3 is 10.2 Å². The number of nitrogens with zero attached hydrogens (tertiary/aromatic N) is 1. The van der Waals surface area contributed by atoms with Crippen LogP contribution in [-0.2, 0) is 0 Å². The Bertz CT molecular complexity index is 286. The van der Waals surface area contributed by atoms with Crippen molar-refractivity contribution in [2.24, 2.45) is 5.92 Å². The number of fused-ring (bicyclic) bond motifs is 1. The monoisotopic (exact) mass is 236 g/mol. The van der Waals surface area contributed by atoms with Gasteiger partial charge >= 0.3 is 6.03 Å². The molecular weight excluding hydrogens is 212 g/mol. The van der Waals surface area contributed by atoms with Gasteiger partial charge in [0.1, 0.15) is 0 Å². The van der Waals surface area contributed by atoms with E-state index in [-0.39, 0.29) is 6.03 Å². The molecule has 1 heterocycles. The lowest BCUT2D eigenvalue weighted by molar-refractivity contribution is 0.0808. The summed E-state index contributed by atoms with van der Waals surface area (Å²) in [5.41, 5.74) is 0. The molecule has 1 aliphatic heterocycles. The molecule has 3 fully saturated rings. The SMILES string of the molecule is O=C(NC1CCC1)N1CCCC2CCCCC21. The van der Waals surface area contributed by atoms with Gasteiger partial charge in [-0.1, -0.05) is 12.8 Å². The summed E-state index contributed by atoms with van der Waals surface area (Å²) < 4.78 is 0. The first-order valence-electron chi connectivity index (χ1n) is 7.42. The van der Waals surface area contributed by atoms with Gasteiger partial charge in [0, 0.05) is 18.6 Å². The smallest absolute Gasteiger partial charge is 0.317 e. The quantitative estimate of drug-likeness (QED) is 0.746. The van der Waals surface area contributed by atoms with E-state index in [0.717, 1.165) is 12.5 Å². The minimum atomic E-state index is 0.228. The number of carbonyl (C=O) groups excluding carboxylic acids is 1. The number of likely N-dealkylation sites (tertiary alicyclic amines) is 1. The summed E-state index contributed by atoms with van der Waals surface area (Å²) in [6.07, 6.45) is 11.5. The van der Waals surface area contributed by atoms with Crippen LogP contribution in [-0.4, -0.2) is 29.6 Å². The zero-order valence-electron chi connectivity index (χ0n) is 10.7. The zero-order valence-corrected chi connectivity index (χ0v) is 10.7. The van der Waals surface area contributed by atoms with Gasteiger partial charge in [0.25, 0.3) is 0 Å². The van der Waals surface area contributed by atoms with E-state index in [0.29, 0.717) is 12.1 Å². The minimum Gasteiger partial charge on any atom is -0.335 e. The lowest BCUT2D eigenvalue weighted by Crippen LogP contribution is -2.55. The van der Waals surface area contributed by atoms with Crippen molar-refractivity contribution >= 4 is 6.03 Å². The van der Waals surface area contributed by atoms with E-state index in [1.807, 2.05) is 0 Å². The summed E-state index contributed by atoms with van der Waals surface area (Å²) in [6.45, 7) is 0.986. The molecule has 3 heteroatoms. The largest absolute Gasteiger partial charge is 0.335 e. The topological polar surface area (TPSA) is 32.3 Å². The lowest BCUT2D eigenvalue weighted by Gasteiger charge is -2.44. The van der Waals surface area contributed by atoms with Gasteiger partial charge in [-0.3, -0.25) is 0 Å². The third kappa shape index (κ3) is 2.29. The first-order valence-corrected chi connectivity index (χ1v) is 7.42. The van der Waals surface area contributed by atoms with Crippen LogP contribution in [0.1, 0.15) is 57.8 Å². The molecule has 2 aliphatic carbocycles. The number of rotatable bonds is 1. The molecule has 2 saturated carbocycles. The highest BCUT2D eigenvalue weighted by Gasteiger charge is 2.36. The molecule has 0 radical (unpaired) electrons. The summed E-state index contributed by atoms with van der Waals surface area (Å²) in [6, 6.07) is 1.26. The zero-order chi connectivity index (χ0) is 11.7. The Balaban J connectivity index is 1.61. The average molecular weight is 236 g/mol. The van der Waals surface area contributed by atoms with Crippen molar-refractivity contribution in [2.45, 2.75) is 69.9 Å². The molecule has 2 amide bonds. The highest BCUT2D eigenvalue weighted by Crippen LogP contribution is 2.35. The number of carbonyl (C=O) groups is 1. The number of urea groups is 1. The van der Waals surface area contributed by atoms with Crippen molar-refractivity contribution in [1.82, 2.24) is 10.2 Å². The molecule has 0 spiro atoms. The average Bonchev–Trinajstić information content (AvgIpc) is 2.33. The van der Waals surface area contributed by atoms with Crippen LogP contribution < -0.4 is 5.32 Å². The Morgan fingerprint density at radius 2 is 1.71 bits per heavy atom. The van der Waals surface area contributed by atoms with E-state index in [2.05, 4.69) is 10.2 Å². The van der Waals surface area contributed by atoms with Crippen LogP contribution in [0.15, 0.2) is 0 Å². The van der Waals surface area contributed by atoms with Gasteiger partial charge in [0.05, 0.1) is 0 Å². The number of hydrogen-bond acceptors (Lipinski definition) is 1. The molecule has 0 aromatic carbocycles. The van der Waals surface area contributed by atoms with Gasteiger partial charge in [0.2, 0.25) is 0 Å². The maximum Gasteiger partial charge on any atom is 0.317 e. The van der Waals surface area contributed by atoms with Gasteiger partial charge in [-0.2, -0.15) is 0 Å². The highest BCUT2D eigenvalue weighted by atomic mass is 16.2. The highest BCUT2D eigenvalue weighted by molar-refractivity contribution is 5.75. The Labute approximate surface area is 104 Å². The van der Waals surface area contributed by atoms with Crippen molar-refractivity contribution in [3.63, 3.8) is 0 Å². The van der Waals surface area contributed by atoms with Gasteiger partial charge in [-0.25, -0.2) is 4.79 Å². The molecule has 3 aliphatic rings. The summed E-state index contributed by atoms with van der Waals surface area (Å²) >= 11 is 0. The van der Waals surface area contributed by atoms with Crippen LogP contribution >= 0.6 is 0 Å². The van der Waals surface area contributed by atoms with Crippen LogP contribution in [0.4, 0.5) is 4.79 Å². The number of piperidine rings is 1. The van der Waals surface area contributed by atoms with Crippen molar-refractivity contribution in [2.75, 3.05) is 6.54 Å². The predicted octanol–water partition coefficient (Wildman–Crippen LogP) is 2.90. The Morgan fingerprint density at radius 3 is 2.47 bits per heavy atom. The normalized spacial score (nSPS) is 33.8. The van der Waals surface area contributed by atoms with Gasteiger partial charge in [-0.15, -0.1) is 0 Å². The van der Waals surface area contributed by atoms with Crippen molar-refractivity contribution < 1.29 is 4.79 Å². The second-order valence-corrected chi connectivity index (χ2v) is 6.02. The van der Waals surface area contributed by atoms with Crippen LogP contribution in [0.25, 0.3) is 0 Å². The molecular formula is C14H24N2O. The first-order chi connectivity index (χ1) is 8.34. The van der Waals surface area contributed by atoms with E-state index in [4.69, 9.17) is 0 Å². The number of hydrogen-bond donors (Lipinski definition) is 1. The Hall–Kier alpha value is -0.730. The molecule has 0 aromatic heterocycles. The summed E-state index contributed by atoms with van der Waals surface area (Å²) in [5, 5.41) is 3.21. The molecule has 17 heavy (non-hydrogen) atoms. The van der Waals surface area contributed by atoms with Gasteiger partial charge in [0.15, 0.2) is 0 Å². The van der Waals surface area contributed by atoms with Crippen molar-refractivity contribution in [1.29, 1.82) is 0 Å². The fraction of sp³-hybridized carbons (Fsp3) is 0.929. The fourth-order valence-electron chi connectivity index (χ4n) is 3.69. The van der Waals surface area contributed by atoms with Crippen LogP contribution in [0, 0.1) is 5.92 Å². The summed E-state index contributed by atoms with van der Waals surface area (Å²) in [7, 11) is 0. The van der Waals surface area contributed by atoms with E-state index in [1.165, 1.54) is 57.8 Å². The van der Waals surface area contributed by atoms with Crippen LogP contribution in [0.5, 0.6) is 0 Å². The predicted molar refractivity (Wildman–Crippen MR) is 67.9 cm³/mol. The number of nitrogens with one attached hydrogen (secondary N) is 1. The Morgan fingerprint density at radius 1 is 0.941 bits per heavy atom. The van der Waals surface area contributed by atoms with Crippen LogP contribution in [0.3, 0.4) is 0 Å².